The SMILES string of the molecule is CCNC(=O)[C@H](C)N(Cc1ccc(C)cc1)C(=O)COc1cc(C)cc(C)c1C. The first-order valence-corrected chi connectivity index (χ1v) is 10.1. The van der Waals surface area contributed by atoms with Gasteiger partial charge < -0.3 is 15.0 Å². The summed E-state index contributed by atoms with van der Waals surface area (Å²) in [5.74, 6) is 0.315. The zero-order valence-corrected chi connectivity index (χ0v) is 18.3. The van der Waals surface area contributed by atoms with Crippen LogP contribution in [0.3, 0.4) is 0 Å². The maximum atomic E-state index is 13.0. The third-order valence-electron chi connectivity index (χ3n) is 5.11. The van der Waals surface area contributed by atoms with Crippen molar-refractivity contribution in [3.05, 3.63) is 64.2 Å². The third-order valence-corrected chi connectivity index (χ3v) is 5.11. The molecule has 2 aromatic rings. The van der Waals surface area contributed by atoms with E-state index in [0.717, 1.165) is 27.8 Å². The Morgan fingerprint density at radius 1 is 1.03 bits per heavy atom. The highest BCUT2D eigenvalue weighted by Crippen LogP contribution is 2.23. The number of amides is 2. The van der Waals surface area contributed by atoms with Crippen LogP contribution in [0.5, 0.6) is 5.75 Å². The minimum atomic E-state index is -0.590. The van der Waals surface area contributed by atoms with E-state index in [1.165, 1.54) is 0 Å². The summed E-state index contributed by atoms with van der Waals surface area (Å²) in [6.07, 6.45) is 0. The Labute approximate surface area is 174 Å². The summed E-state index contributed by atoms with van der Waals surface area (Å²) < 4.78 is 5.86. The lowest BCUT2D eigenvalue weighted by Crippen LogP contribution is -2.49. The van der Waals surface area contributed by atoms with Crippen LogP contribution in [0, 0.1) is 27.7 Å². The van der Waals surface area contributed by atoms with Gasteiger partial charge in [-0.1, -0.05) is 35.9 Å². The number of hydrogen-bond donors (Lipinski definition) is 1. The second-order valence-corrected chi connectivity index (χ2v) is 7.57. The molecule has 0 radical (unpaired) electrons. The molecule has 2 rings (SSSR count). The average Bonchev–Trinajstić information content (AvgIpc) is 2.68. The van der Waals surface area contributed by atoms with E-state index in [0.29, 0.717) is 18.8 Å². The lowest BCUT2D eigenvalue weighted by atomic mass is 10.1. The molecule has 0 aliphatic carbocycles. The van der Waals surface area contributed by atoms with Crippen molar-refractivity contribution in [2.75, 3.05) is 13.2 Å². The molecule has 2 aromatic carbocycles. The van der Waals surface area contributed by atoms with E-state index in [4.69, 9.17) is 4.74 Å². The lowest BCUT2D eigenvalue weighted by molar-refractivity contribution is -0.142. The number of ether oxygens (including phenoxy) is 1. The van der Waals surface area contributed by atoms with Gasteiger partial charge in [-0.05, 0) is 69.9 Å². The van der Waals surface area contributed by atoms with E-state index in [2.05, 4.69) is 11.4 Å². The van der Waals surface area contributed by atoms with Crippen molar-refractivity contribution in [3.63, 3.8) is 0 Å². The van der Waals surface area contributed by atoms with Gasteiger partial charge in [0.2, 0.25) is 5.91 Å². The predicted molar refractivity (Wildman–Crippen MR) is 116 cm³/mol. The Morgan fingerprint density at radius 2 is 1.69 bits per heavy atom. The average molecular weight is 397 g/mol. The Morgan fingerprint density at radius 3 is 2.31 bits per heavy atom. The molecule has 0 aliphatic rings. The van der Waals surface area contributed by atoms with Crippen molar-refractivity contribution < 1.29 is 14.3 Å². The highest BCUT2D eigenvalue weighted by molar-refractivity contribution is 5.87. The van der Waals surface area contributed by atoms with E-state index in [9.17, 15) is 9.59 Å². The van der Waals surface area contributed by atoms with E-state index in [1.54, 1.807) is 11.8 Å². The minimum absolute atomic E-state index is 0.112. The molecule has 0 fully saturated rings. The Balaban J connectivity index is 2.19. The molecule has 1 N–H and O–H groups in total. The molecule has 29 heavy (non-hydrogen) atoms. The van der Waals surface area contributed by atoms with Gasteiger partial charge in [-0.2, -0.15) is 0 Å². The van der Waals surface area contributed by atoms with E-state index < -0.39 is 6.04 Å². The van der Waals surface area contributed by atoms with Crippen LogP contribution in [0.4, 0.5) is 0 Å². The number of carbonyl (C=O) groups is 2. The van der Waals surface area contributed by atoms with Crippen LogP contribution in [0.2, 0.25) is 0 Å². The van der Waals surface area contributed by atoms with Crippen LogP contribution in [0.25, 0.3) is 0 Å². The van der Waals surface area contributed by atoms with Gasteiger partial charge in [0.15, 0.2) is 6.61 Å². The van der Waals surface area contributed by atoms with Crippen LogP contribution in [-0.2, 0) is 16.1 Å². The largest absolute Gasteiger partial charge is 0.483 e. The van der Waals surface area contributed by atoms with Crippen molar-refractivity contribution in [3.8, 4) is 5.75 Å². The molecule has 0 spiro atoms. The van der Waals surface area contributed by atoms with Crippen LogP contribution in [-0.4, -0.2) is 35.9 Å². The molecule has 0 aromatic heterocycles. The molecule has 0 bridgehead atoms. The van der Waals surface area contributed by atoms with Crippen LogP contribution >= 0.6 is 0 Å². The van der Waals surface area contributed by atoms with Crippen molar-refractivity contribution in [1.29, 1.82) is 0 Å². The normalized spacial score (nSPS) is 11.7. The fourth-order valence-electron chi connectivity index (χ4n) is 3.17. The number of nitrogens with zero attached hydrogens (tertiary/aromatic N) is 1. The smallest absolute Gasteiger partial charge is 0.261 e. The monoisotopic (exact) mass is 396 g/mol. The standard InChI is InChI=1S/C24H32N2O3/c1-7-25-24(28)20(6)26(14-21-10-8-16(2)9-11-21)23(27)15-29-22-13-17(3)12-18(4)19(22)5/h8-13,20H,7,14-15H2,1-6H3,(H,25,28)/t20-/m0/s1. The number of rotatable bonds is 8. The number of nitrogens with one attached hydrogen (secondary N) is 1. The van der Waals surface area contributed by atoms with Gasteiger partial charge in [-0.3, -0.25) is 9.59 Å². The van der Waals surface area contributed by atoms with E-state index in [1.807, 2.05) is 65.0 Å². The van der Waals surface area contributed by atoms with Gasteiger partial charge >= 0.3 is 0 Å². The van der Waals surface area contributed by atoms with Crippen molar-refractivity contribution in [2.45, 2.75) is 54.1 Å². The maximum absolute atomic E-state index is 13.0. The number of likely N-dealkylation sites (N-methyl/N-ethyl adjacent to an activating group) is 1. The summed E-state index contributed by atoms with van der Waals surface area (Å²) in [6.45, 7) is 12.4. The number of hydrogen-bond acceptors (Lipinski definition) is 3. The first kappa shape index (κ1) is 22.5. The zero-order chi connectivity index (χ0) is 21.6. The number of benzene rings is 2. The topological polar surface area (TPSA) is 58.6 Å². The molecular weight excluding hydrogens is 364 g/mol. The van der Waals surface area contributed by atoms with Crippen LogP contribution in [0.15, 0.2) is 36.4 Å². The van der Waals surface area contributed by atoms with Crippen LogP contribution in [0.1, 0.15) is 41.7 Å². The molecule has 0 saturated heterocycles. The highest BCUT2D eigenvalue weighted by Gasteiger charge is 2.26. The molecule has 156 valence electrons. The van der Waals surface area contributed by atoms with Crippen molar-refractivity contribution in [1.82, 2.24) is 10.2 Å². The first-order chi connectivity index (χ1) is 13.7. The highest BCUT2D eigenvalue weighted by atomic mass is 16.5. The van der Waals surface area contributed by atoms with Gasteiger partial charge in [0.25, 0.3) is 5.91 Å². The second-order valence-electron chi connectivity index (χ2n) is 7.57. The van der Waals surface area contributed by atoms with Gasteiger partial charge in [-0.15, -0.1) is 0 Å². The minimum Gasteiger partial charge on any atom is -0.483 e. The molecule has 5 heteroatoms. The Kier molecular flexibility index (Phi) is 7.82. The van der Waals surface area contributed by atoms with Gasteiger partial charge in [-0.25, -0.2) is 0 Å². The molecule has 5 nitrogen and oxygen atoms in total. The fraction of sp³-hybridized carbons (Fsp3) is 0.417. The quantitative estimate of drug-likeness (QED) is 0.737. The predicted octanol–water partition coefficient (Wildman–Crippen LogP) is 3.85. The second kappa shape index (κ2) is 10.1. The number of carbonyl (C=O) groups excluding carboxylic acids is 2. The van der Waals surface area contributed by atoms with Crippen molar-refractivity contribution in [2.24, 2.45) is 0 Å². The van der Waals surface area contributed by atoms with Gasteiger partial charge in [0.1, 0.15) is 11.8 Å². The third kappa shape index (κ3) is 6.08. The molecule has 0 aliphatic heterocycles. The molecule has 0 saturated carbocycles. The molecular formula is C24H32N2O3. The summed E-state index contributed by atoms with van der Waals surface area (Å²) in [6, 6.07) is 11.4. The summed E-state index contributed by atoms with van der Waals surface area (Å²) in [5, 5.41) is 2.80. The lowest BCUT2D eigenvalue weighted by Gasteiger charge is -2.29. The van der Waals surface area contributed by atoms with Crippen LogP contribution < -0.4 is 10.1 Å². The zero-order valence-electron chi connectivity index (χ0n) is 18.3. The summed E-state index contributed by atoms with van der Waals surface area (Å²) >= 11 is 0. The molecule has 2 amide bonds. The first-order valence-electron chi connectivity index (χ1n) is 10.1. The fourth-order valence-corrected chi connectivity index (χ4v) is 3.17. The van der Waals surface area contributed by atoms with Crippen molar-refractivity contribution >= 4 is 11.8 Å². The van der Waals surface area contributed by atoms with E-state index in [-0.39, 0.29) is 18.4 Å². The Bertz CT molecular complexity index is 859. The Hall–Kier alpha value is -2.82. The van der Waals surface area contributed by atoms with Gasteiger partial charge in [0.05, 0.1) is 0 Å². The summed E-state index contributed by atoms with van der Waals surface area (Å²) in [4.78, 5) is 27.0. The molecule has 0 unspecified atom stereocenters. The molecule has 0 heterocycles. The number of aryl methyl sites for hydroxylation is 3. The molecule has 1 atom stereocenters. The van der Waals surface area contributed by atoms with Gasteiger partial charge in [0, 0.05) is 13.1 Å². The summed E-state index contributed by atoms with van der Waals surface area (Å²) in [5.41, 5.74) is 5.35. The maximum Gasteiger partial charge on any atom is 0.261 e. The summed E-state index contributed by atoms with van der Waals surface area (Å²) in [7, 11) is 0. The van der Waals surface area contributed by atoms with E-state index >= 15 is 0 Å².